The van der Waals surface area contributed by atoms with Crippen LogP contribution in [-0.4, -0.2) is 5.88 Å². The van der Waals surface area contributed by atoms with E-state index in [4.69, 9.17) is 11.6 Å². The van der Waals surface area contributed by atoms with Gasteiger partial charge in [-0.3, -0.25) is 0 Å². The predicted molar refractivity (Wildman–Crippen MR) is 39.4 cm³/mol. The van der Waals surface area contributed by atoms with Gasteiger partial charge >= 0.3 is 0 Å². The van der Waals surface area contributed by atoms with E-state index in [2.05, 4.69) is 13.8 Å². The Morgan fingerprint density at radius 3 is 2.50 bits per heavy atom. The molecule has 0 amide bonds. The summed E-state index contributed by atoms with van der Waals surface area (Å²) < 4.78 is 0. The second-order valence-corrected chi connectivity index (χ2v) is 2.71. The molecule has 0 rings (SSSR count). The molecule has 0 aromatic carbocycles. The molecular formula is C7H15Cl. The monoisotopic (exact) mass is 134 g/mol. The van der Waals surface area contributed by atoms with Crippen molar-refractivity contribution in [1.82, 2.24) is 0 Å². The van der Waals surface area contributed by atoms with E-state index >= 15 is 0 Å². The standard InChI is InChI=1S/C7H15Cl/c1-3-4-5-7(2)6-8/h7H,3-6H2,1-2H3/t7-/m0/s1. The Labute approximate surface area is 57.2 Å². The second-order valence-electron chi connectivity index (χ2n) is 2.40. The summed E-state index contributed by atoms with van der Waals surface area (Å²) in [4.78, 5) is 0. The van der Waals surface area contributed by atoms with E-state index in [1.807, 2.05) is 0 Å². The SMILES string of the molecule is CCCC[C@H](C)CCl. The third-order valence-corrected chi connectivity index (χ3v) is 1.84. The maximum atomic E-state index is 5.59. The molecule has 0 nitrogen and oxygen atoms in total. The zero-order valence-corrected chi connectivity index (χ0v) is 6.54. The van der Waals surface area contributed by atoms with Crippen LogP contribution < -0.4 is 0 Å². The highest BCUT2D eigenvalue weighted by Gasteiger charge is 1.96. The third-order valence-electron chi connectivity index (χ3n) is 1.31. The predicted octanol–water partition coefficient (Wildman–Crippen LogP) is 3.05. The summed E-state index contributed by atoms with van der Waals surface area (Å²) in [6, 6.07) is 0. The van der Waals surface area contributed by atoms with Crippen molar-refractivity contribution in [2.75, 3.05) is 5.88 Å². The molecule has 0 spiro atoms. The number of hydrogen-bond donors (Lipinski definition) is 0. The van der Waals surface area contributed by atoms with Gasteiger partial charge in [0.2, 0.25) is 0 Å². The van der Waals surface area contributed by atoms with E-state index in [1.165, 1.54) is 19.3 Å². The van der Waals surface area contributed by atoms with Crippen LogP contribution in [0.5, 0.6) is 0 Å². The van der Waals surface area contributed by atoms with Gasteiger partial charge in [-0.1, -0.05) is 26.7 Å². The zero-order valence-electron chi connectivity index (χ0n) is 5.78. The molecule has 50 valence electrons. The van der Waals surface area contributed by atoms with Crippen LogP contribution in [0.4, 0.5) is 0 Å². The average Bonchev–Trinajstić information content (AvgIpc) is 1.83. The fraction of sp³-hybridized carbons (Fsp3) is 1.00. The first-order chi connectivity index (χ1) is 3.81. The lowest BCUT2D eigenvalue weighted by atomic mass is 10.1. The summed E-state index contributed by atoms with van der Waals surface area (Å²) in [5, 5.41) is 0. The van der Waals surface area contributed by atoms with E-state index in [9.17, 15) is 0 Å². The molecule has 0 aliphatic rings. The molecule has 0 heterocycles. The molecule has 0 unspecified atom stereocenters. The topological polar surface area (TPSA) is 0 Å². The molecule has 0 aromatic rings. The van der Waals surface area contributed by atoms with Gasteiger partial charge in [0, 0.05) is 5.88 Å². The van der Waals surface area contributed by atoms with Crippen LogP contribution in [0.25, 0.3) is 0 Å². The Morgan fingerprint density at radius 2 is 2.12 bits per heavy atom. The van der Waals surface area contributed by atoms with Crippen LogP contribution in [0, 0.1) is 5.92 Å². The van der Waals surface area contributed by atoms with Crippen molar-refractivity contribution in [3.05, 3.63) is 0 Å². The van der Waals surface area contributed by atoms with E-state index in [1.54, 1.807) is 0 Å². The molecule has 0 saturated heterocycles. The lowest BCUT2D eigenvalue weighted by molar-refractivity contribution is 0.555. The summed E-state index contributed by atoms with van der Waals surface area (Å²) in [5.74, 6) is 1.54. The van der Waals surface area contributed by atoms with Crippen LogP contribution in [0.3, 0.4) is 0 Å². The highest BCUT2D eigenvalue weighted by atomic mass is 35.5. The summed E-state index contributed by atoms with van der Waals surface area (Å²) in [6.07, 6.45) is 3.91. The molecular weight excluding hydrogens is 120 g/mol. The summed E-state index contributed by atoms with van der Waals surface area (Å²) in [7, 11) is 0. The molecule has 0 N–H and O–H groups in total. The molecule has 0 aliphatic carbocycles. The molecule has 0 bridgehead atoms. The normalized spacial score (nSPS) is 13.9. The van der Waals surface area contributed by atoms with Crippen LogP contribution in [0.2, 0.25) is 0 Å². The Kier molecular flexibility index (Phi) is 5.62. The molecule has 1 atom stereocenters. The number of halogens is 1. The minimum atomic E-state index is 0.719. The summed E-state index contributed by atoms with van der Waals surface area (Å²) >= 11 is 5.59. The first-order valence-corrected chi connectivity index (χ1v) is 3.90. The minimum Gasteiger partial charge on any atom is -0.126 e. The van der Waals surface area contributed by atoms with Gasteiger partial charge in [0.1, 0.15) is 0 Å². The molecule has 0 fully saturated rings. The lowest BCUT2D eigenvalue weighted by Gasteiger charge is -2.03. The summed E-state index contributed by atoms with van der Waals surface area (Å²) in [6.45, 7) is 4.41. The number of alkyl halides is 1. The van der Waals surface area contributed by atoms with E-state index in [0.717, 1.165) is 11.8 Å². The van der Waals surface area contributed by atoms with E-state index in [0.29, 0.717) is 0 Å². The van der Waals surface area contributed by atoms with Crippen molar-refractivity contribution in [1.29, 1.82) is 0 Å². The van der Waals surface area contributed by atoms with Gasteiger partial charge in [0.05, 0.1) is 0 Å². The van der Waals surface area contributed by atoms with Crippen LogP contribution >= 0.6 is 11.6 Å². The van der Waals surface area contributed by atoms with Gasteiger partial charge < -0.3 is 0 Å². The lowest BCUT2D eigenvalue weighted by Crippen LogP contribution is -1.94. The van der Waals surface area contributed by atoms with Gasteiger partial charge in [0.15, 0.2) is 0 Å². The van der Waals surface area contributed by atoms with Crippen molar-refractivity contribution in [3.8, 4) is 0 Å². The van der Waals surface area contributed by atoms with Crippen LogP contribution in [0.1, 0.15) is 33.1 Å². The van der Waals surface area contributed by atoms with Crippen molar-refractivity contribution < 1.29 is 0 Å². The van der Waals surface area contributed by atoms with E-state index in [-0.39, 0.29) is 0 Å². The van der Waals surface area contributed by atoms with Gasteiger partial charge in [-0.05, 0) is 12.3 Å². The number of unbranched alkanes of at least 4 members (excludes halogenated alkanes) is 1. The quantitative estimate of drug-likeness (QED) is 0.519. The van der Waals surface area contributed by atoms with Gasteiger partial charge in [-0.25, -0.2) is 0 Å². The van der Waals surface area contributed by atoms with Crippen LogP contribution in [0.15, 0.2) is 0 Å². The highest BCUT2D eigenvalue weighted by molar-refractivity contribution is 6.18. The fourth-order valence-electron chi connectivity index (χ4n) is 0.630. The smallest absolute Gasteiger partial charge is 0.0249 e. The first-order valence-electron chi connectivity index (χ1n) is 3.37. The molecule has 8 heavy (non-hydrogen) atoms. The molecule has 0 aromatic heterocycles. The minimum absolute atomic E-state index is 0.719. The van der Waals surface area contributed by atoms with Gasteiger partial charge in [-0.2, -0.15) is 0 Å². The second kappa shape index (κ2) is 5.43. The highest BCUT2D eigenvalue weighted by Crippen LogP contribution is 2.07. The van der Waals surface area contributed by atoms with Crippen LogP contribution in [-0.2, 0) is 0 Å². The van der Waals surface area contributed by atoms with Crippen molar-refractivity contribution >= 4 is 11.6 Å². The Bertz CT molecular complexity index is 43.7. The third kappa shape index (κ3) is 4.45. The molecule has 0 saturated carbocycles. The summed E-state index contributed by atoms with van der Waals surface area (Å²) in [5.41, 5.74) is 0. The fourth-order valence-corrected chi connectivity index (χ4v) is 0.784. The largest absolute Gasteiger partial charge is 0.126 e. The Morgan fingerprint density at radius 1 is 1.50 bits per heavy atom. The van der Waals surface area contributed by atoms with Gasteiger partial charge in [0.25, 0.3) is 0 Å². The average molecular weight is 135 g/mol. The van der Waals surface area contributed by atoms with Crippen molar-refractivity contribution in [3.63, 3.8) is 0 Å². The molecule has 0 radical (unpaired) electrons. The zero-order chi connectivity index (χ0) is 6.41. The van der Waals surface area contributed by atoms with Crippen molar-refractivity contribution in [2.45, 2.75) is 33.1 Å². The Hall–Kier alpha value is 0.290. The first kappa shape index (κ1) is 8.29. The Balaban J connectivity index is 2.86. The number of rotatable bonds is 4. The van der Waals surface area contributed by atoms with Crippen molar-refractivity contribution in [2.24, 2.45) is 5.92 Å². The maximum Gasteiger partial charge on any atom is 0.0249 e. The van der Waals surface area contributed by atoms with Gasteiger partial charge in [-0.15, -0.1) is 11.6 Å². The number of hydrogen-bond acceptors (Lipinski definition) is 0. The molecule has 1 heteroatoms. The molecule has 0 aliphatic heterocycles. The van der Waals surface area contributed by atoms with E-state index < -0.39 is 0 Å². The maximum absolute atomic E-state index is 5.59.